The number of hydrogen-bond donors (Lipinski definition) is 3. The van der Waals surface area contributed by atoms with Crippen LogP contribution < -0.4 is 11.1 Å². The number of nitrogens with one attached hydrogen (secondary N) is 2. The first-order chi connectivity index (χ1) is 14.4. The van der Waals surface area contributed by atoms with Gasteiger partial charge in [0.15, 0.2) is 5.78 Å². The molecule has 2 aromatic rings. The summed E-state index contributed by atoms with van der Waals surface area (Å²) in [5.41, 5.74) is 9.07. The van der Waals surface area contributed by atoms with E-state index in [1.165, 1.54) is 17.2 Å². The van der Waals surface area contributed by atoms with E-state index in [4.69, 9.17) is 5.73 Å². The Kier molecular flexibility index (Phi) is 9.03. The summed E-state index contributed by atoms with van der Waals surface area (Å²) in [6, 6.07) is 10.4. The first-order valence-corrected chi connectivity index (χ1v) is 10.0. The maximum absolute atomic E-state index is 12.1. The van der Waals surface area contributed by atoms with Gasteiger partial charge in [-0.2, -0.15) is 0 Å². The fourth-order valence-corrected chi connectivity index (χ4v) is 3.26. The third kappa shape index (κ3) is 7.33. The van der Waals surface area contributed by atoms with Gasteiger partial charge in [-0.3, -0.25) is 14.5 Å². The van der Waals surface area contributed by atoms with Crippen molar-refractivity contribution in [1.82, 2.24) is 15.2 Å². The van der Waals surface area contributed by atoms with E-state index in [0.29, 0.717) is 18.5 Å². The lowest BCUT2D eigenvalue weighted by atomic mass is 10.1. The predicted octanol–water partition coefficient (Wildman–Crippen LogP) is 2.40. The topological polar surface area (TPSA) is 108 Å². The lowest BCUT2D eigenvalue weighted by Crippen LogP contribution is -2.41. The molecule has 7 heteroatoms. The van der Waals surface area contributed by atoms with Crippen molar-refractivity contribution in [3.63, 3.8) is 0 Å². The molecule has 1 aliphatic rings. The molecule has 1 fully saturated rings. The Bertz CT molecular complexity index is 853. The quantitative estimate of drug-likeness (QED) is 0.369. The van der Waals surface area contributed by atoms with Gasteiger partial charge in [0.1, 0.15) is 6.29 Å². The van der Waals surface area contributed by atoms with Crippen LogP contribution in [0.2, 0.25) is 0 Å². The van der Waals surface area contributed by atoms with E-state index in [9.17, 15) is 14.4 Å². The molecule has 1 saturated heterocycles. The minimum atomic E-state index is -0.245. The second-order valence-corrected chi connectivity index (χ2v) is 7.38. The van der Waals surface area contributed by atoms with Gasteiger partial charge >= 0.3 is 0 Å². The molecule has 3 rings (SSSR count). The number of nitrogens with two attached hydrogens (primary N) is 1. The molecule has 1 aromatic carbocycles. The average molecular weight is 411 g/mol. The Morgan fingerprint density at radius 3 is 2.50 bits per heavy atom. The van der Waals surface area contributed by atoms with Crippen LogP contribution in [0.3, 0.4) is 0 Å². The number of allylic oxidation sites excluding steroid dienone is 2. The largest absolute Gasteiger partial charge is 0.402 e. The van der Waals surface area contributed by atoms with Gasteiger partial charge in [0.2, 0.25) is 5.91 Å². The summed E-state index contributed by atoms with van der Waals surface area (Å²) in [6.07, 6.45) is 7.70. The van der Waals surface area contributed by atoms with Gasteiger partial charge in [-0.25, -0.2) is 0 Å². The molecule has 0 saturated carbocycles. The number of carbonyl (C=O) groups excluding carboxylic acids is 3. The van der Waals surface area contributed by atoms with Crippen LogP contribution in [0.4, 0.5) is 0 Å². The van der Waals surface area contributed by atoms with Crippen LogP contribution in [0.5, 0.6) is 0 Å². The Hall–Kier alpha value is -3.19. The molecular weight excluding hydrogens is 380 g/mol. The summed E-state index contributed by atoms with van der Waals surface area (Å²) in [5.74, 6) is -0.102. The number of rotatable bonds is 7. The van der Waals surface area contributed by atoms with E-state index in [1.54, 1.807) is 6.92 Å². The fourth-order valence-electron chi connectivity index (χ4n) is 3.26. The van der Waals surface area contributed by atoms with E-state index in [2.05, 4.69) is 39.5 Å². The molecule has 0 spiro atoms. The number of carbonyl (C=O) groups is 3. The molecule has 1 aliphatic heterocycles. The van der Waals surface area contributed by atoms with Crippen LogP contribution in [0.15, 0.2) is 54.5 Å². The minimum absolute atomic E-state index is 0.0455. The van der Waals surface area contributed by atoms with Crippen LogP contribution in [0, 0.1) is 0 Å². The highest BCUT2D eigenvalue weighted by Crippen LogP contribution is 2.19. The molecule has 7 nitrogen and oxygen atoms in total. The van der Waals surface area contributed by atoms with Crippen LogP contribution in [0.25, 0.3) is 11.1 Å². The molecule has 1 atom stereocenters. The summed E-state index contributed by atoms with van der Waals surface area (Å²) in [4.78, 5) is 37.5. The fraction of sp³-hybridized carbons (Fsp3) is 0.348. The predicted molar refractivity (Wildman–Crippen MR) is 117 cm³/mol. The van der Waals surface area contributed by atoms with Crippen molar-refractivity contribution < 1.29 is 14.4 Å². The summed E-state index contributed by atoms with van der Waals surface area (Å²) in [5, 5.41) is 3.04. The number of likely N-dealkylation sites (tertiary alicyclic amines) is 1. The Morgan fingerprint density at radius 2 is 1.97 bits per heavy atom. The molecule has 1 amide bonds. The van der Waals surface area contributed by atoms with Gasteiger partial charge < -0.3 is 20.8 Å². The Morgan fingerprint density at radius 1 is 1.23 bits per heavy atom. The zero-order valence-corrected chi connectivity index (χ0v) is 17.6. The van der Waals surface area contributed by atoms with Crippen molar-refractivity contribution in [1.29, 1.82) is 0 Å². The van der Waals surface area contributed by atoms with Crippen molar-refractivity contribution in [2.24, 2.45) is 5.73 Å². The molecule has 30 heavy (non-hydrogen) atoms. The molecule has 1 aromatic heterocycles. The first-order valence-electron chi connectivity index (χ1n) is 10.0. The summed E-state index contributed by atoms with van der Waals surface area (Å²) in [6.45, 7) is 3.21. The second kappa shape index (κ2) is 11.7. The molecule has 4 N–H and O–H groups in total. The van der Waals surface area contributed by atoms with Gasteiger partial charge in [0, 0.05) is 24.6 Å². The molecular formula is C23H30N4O3. The van der Waals surface area contributed by atoms with E-state index < -0.39 is 0 Å². The highest BCUT2D eigenvalue weighted by molar-refractivity contribution is 5.98. The average Bonchev–Trinajstić information content (AvgIpc) is 3.38. The normalized spacial score (nSPS) is 16.5. The lowest BCUT2D eigenvalue weighted by Gasteiger charge is -2.18. The maximum Gasteiger partial charge on any atom is 0.237 e. The Balaban J connectivity index is 0.000000303. The number of aromatic amines is 1. The molecule has 0 radical (unpaired) electrons. The van der Waals surface area contributed by atoms with E-state index >= 15 is 0 Å². The molecule has 0 bridgehead atoms. The van der Waals surface area contributed by atoms with Crippen molar-refractivity contribution in [2.75, 3.05) is 13.6 Å². The second-order valence-electron chi connectivity index (χ2n) is 7.38. The smallest absolute Gasteiger partial charge is 0.237 e. The van der Waals surface area contributed by atoms with Crippen molar-refractivity contribution in [3.8, 4) is 11.1 Å². The number of benzene rings is 1. The highest BCUT2D eigenvalue weighted by atomic mass is 16.2. The molecule has 2 heterocycles. The first kappa shape index (κ1) is 23.1. The van der Waals surface area contributed by atoms with E-state index in [0.717, 1.165) is 24.9 Å². The number of aldehydes is 1. The lowest BCUT2D eigenvalue weighted by molar-refractivity contribution is -0.125. The molecule has 160 valence electrons. The molecule has 1 unspecified atom stereocenters. The van der Waals surface area contributed by atoms with Crippen LogP contribution >= 0.6 is 0 Å². The van der Waals surface area contributed by atoms with Crippen LogP contribution in [0.1, 0.15) is 31.7 Å². The third-order valence-corrected chi connectivity index (χ3v) is 4.85. The SMILES string of the molecule is C/C(N)=C/C(=O)CC=O.CN1CCCC1C(=O)NCc1ccc(-c2cc[nH]c2)cc1. The minimum Gasteiger partial charge on any atom is -0.402 e. The maximum atomic E-state index is 12.1. The summed E-state index contributed by atoms with van der Waals surface area (Å²) < 4.78 is 0. The van der Waals surface area contributed by atoms with Crippen molar-refractivity contribution in [2.45, 2.75) is 38.8 Å². The molecule has 0 aliphatic carbocycles. The third-order valence-electron chi connectivity index (χ3n) is 4.85. The van der Waals surface area contributed by atoms with Gasteiger partial charge in [0.25, 0.3) is 0 Å². The van der Waals surface area contributed by atoms with Crippen LogP contribution in [-0.4, -0.2) is 47.5 Å². The van der Waals surface area contributed by atoms with Gasteiger partial charge in [-0.15, -0.1) is 0 Å². The Labute approximate surface area is 177 Å². The van der Waals surface area contributed by atoms with Crippen molar-refractivity contribution >= 4 is 18.0 Å². The zero-order valence-electron chi connectivity index (χ0n) is 17.6. The number of nitrogens with zero attached hydrogens (tertiary/aromatic N) is 1. The van der Waals surface area contributed by atoms with Crippen LogP contribution in [-0.2, 0) is 20.9 Å². The number of hydrogen-bond acceptors (Lipinski definition) is 5. The van der Waals surface area contributed by atoms with E-state index in [1.807, 2.05) is 25.5 Å². The number of H-pyrrole nitrogens is 1. The van der Waals surface area contributed by atoms with E-state index in [-0.39, 0.29) is 24.2 Å². The number of aromatic nitrogens is 1. The number of likely N-dealkylation sites (N-methyl/N-ethyl adjacent to an activating group) is 1. The van der Waals surface area contributed by atoms with Gasteiger partial charge in [0.05, 0.1) is 12.5 Å². The number of ketones is 1. The summed E-state index contributed by atoms with van der Waals surface area (Å²) in [7, 11) is 2.02. The summed E-state index contributed by atoms with van der Waals surface area (Å²) >= 11 is 0. The standard InChI is InChI=1S/C17H21N3O.C6H9NO2/c1-20-10-2-3-16(20)17(21)19-11-13-4-6-14(7-5-13)15-8-9-18-12-15;1-5(7)4-6(9)2-3-8/h4-9,12,16,18H,2-3,10-11H2,1H3,(H,19,21);3-4H,2,7H2,1H3/b;5-4-. The zero-order chi connectivity index (χ0) is 21.9. The van der Waals surface area contributed by atoms with Crippen molar-refractivity contribution in [3.05, 3.63) is 60.1 Å². The highest BCUT2D eigenvalue weighted by Gasteiger charge is 2.27. The van der Waals surface area contributed by atoms with Gasteiger partial charge in [-0.1, -0.05) is 24.3 Å². The monoisotopic (exact) mass is 410 g/mol. The van der Waals surface area contributed by atoms with Gasteiger partial charge in [-0.05, 0) is 62.2 Å². The number of amides is 1.